The lowest BCUT2D eigenvalue weighted by molar-refractivity contribution is -0.131. The molecule has 1 amide bonds. The molecule has 1 aromatic carbocycles. The summed E-state index contributed by atoms with van der Waals surface area (Å²) in [5.74, 6) is 1.11. The monoisotopic (exact) mass is 427 g/mol. The number of pyridine rings is 1. The van der Waals surface area contributed by atoms with Gasteiger partial charge in [-0.2, -0.15) is 0 Å². The van der Waals surface area contributed by atoms with Crippen molar-refractivity contribution >= 4 is 41.0 Å². The first-order valence-electron chi connectivity index (χ1n) is 10.9. The summed E-state index contributed by atoms with van der Waals surface area (Å²) in [5.41, 5.74) is 2.22. The number of halogens is 1. The van der Waals surface area contributed by atoms with Gasteiger partial charge in [0.05, 0.1) is 5.69 Å². The zero-order chi connectivity index (χ0) is 22.7. The van der Waals surface area contributed by atoms with Gasteiger partial charge in [0, 0.05) is 48.7 Å². The number of carbonyl (C=O) groups is 1. The van der Waals surface area contributed by atoms with Gasteiger partial charge in [-0.1, -0.05) is 6.07 Å². The van der Waals surface area contributed by atoms with Crippen molar-refractivity contribution in [2.45, 2.75) is 23.9 Å². The number of rotatable bonds is 5. The summed E-state index contributed by atoms with van der Waals surface area (Å²) >= 11 is 0. The summed E-state index contributed by atoms with van der Waals surface area (Å²) in [7, 11) is 5.83. The van der Waals surface area contributed by atoms with Crippen LogP contribution in [0.3, 0.4) is 0 Å². The highest BCUT2D eigenvalue weighted by atomic mass is 19.1. The molecule has 1 aliphatic heterocycles. The quantitative estimate of drug-likeness (QED) is 0.619. The van der Waals surface area contributed by atoms with Crippen LogP contribution in [0.1, 0.15) is 24.6 Å². The Morgan fingerprint density at radius 3 is 2.72 bits per heavy atom. The summed E-state index contributed by atoms with van der Waals surface area (Å²) in [6.07, 6.45) is 5.28. The summed E-state index contributed by atoms with van der Waals surface area (Å²) in [5, 5.41) is 2.77. The molecular weight excluding hydrogens is 402 g/mol. The lowest BCUT2D eigenvalue weighted by Crippen LogP contribution is -2.45. The molecule has 2 aromatic heterocycles. The molecule has 0 bridgehead atoms. The molecule has 3 aromatic rings. The van der Waals surface area contributed by atoms with Crippen molar-refractivity contribution in [2.75, 3.05) is 18.4 Å². The van der Waals surface area contributed by atoms with Crippen LogP contribution in [0.4, 0.5) is 15.9 Å². The number of piperidine rings is 1. The predicted molar refractivity (Wildman–Crippen MR) is 132 cm³/mol. The summed E-state index contributed by atoms with van der Waals surface area (Å²) in [6, 6.07) is 11.9. The summed E-state index contributed by atoms with van der Waals surface area (Å²) in [4.78, 5) is 28.6. The van der Waals surface area contributed by atoms with E-state index in [0.717, 1.165) is 30.6 Å². The van der Waals surface area contributed by atoms with Crippen molar-refractivity contribution in [2.24, 2.45) is 0 Å². The van der Waals surface area contributed by atoms with Gasteiger partial charge in [0.25, 0.3) is 0 Å². The number of aromatic nitrogens is 3. The normalized spacial score (nSPS) is 16.5. The number of benzene rings is 1. The van der Waals surface area contributed by atoms with Crippen LogP contribution in [0.2, 0.25) is 5.11 Å². The number of nitrogens with zero attached hydrogens (tertiary/aromatic N) is 4. The Labute approximate surface area is 190 Å². The molecule has 4 rings (SSSR count). The van der Waals surface area contributed by atoms with Crippen LogP contribution in [0.5, 0.6) is 0 Å². The van der Waals surface area contributed by atoms with E-state index in [0.29, 0.717) is 23.9 Å². The third-order valence-electron chi connectivity index (χ3n) is 5.51. The highest BCUT2D eigenvalue weighted by molar-refractivity contribution is 6.68. The average molecular weight is 427 g/mol. The molecule has 1 fully saturated rings. The van der Waals surface area contributed by atoms with Crippen LogP contribution in [-0.4, -0.2) is 62.4 Å². The van der Waals surface area contributed by atoms with E-state index >= 15 is 0 Å². The highest BCUT2D eigenvalue weighted by Gasteiger charge is 2.32. The van der Waals surface area contributed by atoms with Crippen LogP contribution in [0.15, 0.2) is 54.9 Å². The van der Waals surface area contributed by atoms with E-state index in [1.165, 1.54) is 12.1 Å². The Morgan fingerprint density at radius 1 is 1.16 bits per heavy atom. The fraction of sp³-hybridized carbons (Fsp3) is 0.273. The van der Waals surface area contributed by atoms with E-state index in [-0.39, 0.29) is 17.6 Å². The zero-order valence-electron chi connectivity index (χ0n) is 18.7. The average Bonchev–Trinajstić information content (AvgIpc) is 2.78. The van der Waals surface area contributed by atoms with Gasteiger partial charge in [-0.15, -0.1) is 0 Å². The fourth-order valence-electron chi connectivity index (χ4n) is 3.94. The van der Waals surface area contributed by atoms with Gasteiger partial charge in [0.2, 0.25) is 5.91 Å². The Balaban J connectivity index is 1.68. The number of likely N-dealkylation sites (tertiary alicyclic amines) is 1. The lowest BCUT2D eigenvalue weighted by Gasteiger charge is -2.36. The third-order valence-corrected chi connectivity index (χ3v) is 5.51. The van der Waals surface area contributed by atoms with Gasteiger partial charge in [-0.25, -0.2) is 14.4 Å². The van der Waals surface area contributed by atoms with Crippen LogP contribution in [0, 0.1) is 5.82 Å². The largest absolute Gasteiger partial charge is 0.343 e. The standard InChI is InChI=1S/C22H25B3FN5O/c23-22(24,25)21(32)31-9-3-5-15(13-31)20-29-18(14-4-2-8-27-12-14)11-19(30-20)28-17-7-1-6-16(26)10-17/h1-2,4,6-8,10-12,15H,3,5,9,13,23-25H2,(H,28,29,30). The first kappa shape index (κ1) is 22.1. The SMILES string of the molecule is BC(B)(B)C(=O)N1CCCC(c2nc(Nc3cccc(F)c3)cc(-c3cccnc3)n2)C1. The minimum absolute atomic E-state index is 0.0275. The fourth-order valence-corrected chi connectivity index (χ4v) is 3.94. The molecular formula is C22H25B3FN5O. The van der Waals surface area contributed by atoms with Crippen molar-refractivity contribution in [3.05, 3.63) is 66.5 Å². The summed E-state index contributed by atoms with van der Waals surface area (Å²) in [6.45, 7) is 1.34. The maximum absolute atomic E-state index is 13.7. The van der Waals surface area contributed by atoms with E-state index < -0.39 is 5.11 Å². The van der Waals surface area contributed by atoms with Gasteiger partial charge < -0.3 is 10.2 Å². The maximum Gasteiger partial charge on any atom is 0.205 e. The minimum Gasteiger partial charge on any atom is -0.343 e. The van der Waals surface area contributed by atoms with Crippen LogP contribution >= 0.6 is 0 Å². The zero-order valence-corrected chi connectivity index (χ0v) is 18.7. The summed E-state index contributed by atoms with van der Waals surface area (Å²) < 4.78 is 13.7. The molecule has 0 spiro atoms. The molecule has 6 nitrogen and oxygen atoms in total. The molecule has 1 atom stereocenters. The number of hydrogen-bond acceptors (Lipinski definition) is 5. The number of carbonyl (C=O) groups excluding carboxylic acids is 1. The van der Waals surface area contributed by atoms with E-state index in [2.05, 4.69) is 10.3 Å². The van der Waals surface area contributed by atoms with Gasteiger partial charge in [-0.05, 0) is 48.3 Å². The second-order valence-corrected chi connectivity index (χ2v) is 9.21. The lowest BCUT2D eigenvalue weighted by atomic mass is 9.42. The molecule has 1 aliphatic rings. The molecule has 10 heteroatoms. The van der Waals surface area contributed by atoms with Crippen LogP contribution in [0.25, 0.3) is 11.3 Å². The third kappa shape index (κ3) is 5.18. The number of nitrogens with one attached hydrogen (secondary N) is 1. The topological polar surface area (TPSA) is 71.0 Å². The molecule has 0 aliphatic carbocycles. The molecule has 1 saturated heterocycles. The highest BCUT2D eigenvalue weighted by Crippen LogP contribution is 2.30. The Kier molecular flexibility index (Phi) is 6.30. The van der Waals surface area contributed by atoms with Crippen molar-refractivity contribution in [1.82, 2.24) is 19.9 Å². The Bertz CT molecular complexity index is 1110. The van der Waals surface area contributed by atoms with Gasteiger partial charge in [0.1, 0.15) is 41.0 Å². The second kappa shape index (κ2) is 9.14. The number of hydrogen-bond donors (Lipinski definition) is 1. The maximum atomic E-state index is 13.7. The molecule has 3 heterocycles. The van der Waals surface area contributed by atoms with Crippen LogP contribution in [-0.2, 0) is 4.79 Å². The predicted octanol–water partition coefficient (Wildman–Crippen LogP) is 1.10. The molecule has 160 valence electrons. The number of anilines is 2. The van der Waals surface area contributed by atoms with Crippen LogP contribution < -0.4 is 5.32 Å². The van der Waals surface area contributed by atoms with Crippen molar-refractivity contribution in [3.63, 3.8) is 0 Å². The van der Waals surface area contributed by atoms with Crippen molar-refractivity contribution < 1.29 is 9.18 Å². The van der Waals surface area contributed by atoms with E-state index in [4.69, 9.17) is 9.97 Å². The first-order chi connectivity index (χ1) is 15.3. The number of amides is 1. The molecule has 0 saturated carbocycles. The van der Waals surface area contributed by atoms with Crippen molar-refractivity contribution in [3.8, 4) is 11.3 Å². The van der Waals surface area contributed by atoms with Gasteiger partial charge >= 0.3 is 0 Å². The molecule has 0 radical (unpaired) electrons. The smallest absolute Gasteiger partial charge is 0.205 e. The minimum atomic E-state index is -0.426. The molecule has 1 N–H and O–H groups in total. The van der Waals surface area contributed by atoms with E-state index in [1.807, 2.05) is 46.6 Å². The second-order valence-electron chi connectivity index (χ2n) is 9.21. The Morgan fingerprint density at radius 2 is 2.00 bits per heavy atom. The van der Waals surface area contributed by atoms with Gasteiger partial charge in [0.15, 0.2) is 0 Å². The van der Waals surface area contributed by atoms with E-state index in [9.17, 15) is 9.18 Å². The van der Waals surface area contributed by atoms with E-state index in [1.54, 1.807) is 24.5 Å². The molecule has 32 heavy (non-hydrogen) atoms. The molecule has 1 unspecified atom stereocenters. The van der Waals surface area contributed by atoms with Gasteiger partial charge in [-0.3, -0.25) is 9.78 Å². The first-order valence-corrected chi connectivity index (χ1v) is 10.9. The Hall–Kier alpha value is -3.16. The van der Waals surface area contributed by atoms with Crippen molar-refractivity contribution in [1.29, 1.82) is 0 Å².